The van der Waals surface area contributed by atoms with Crippen molar-refractivity contribution in [3.8, 4) is 0 Å². The minimum absolute atomic E-state index is 0.834. The first kappa shape index (κ1) is 6.28. The number of anilines is 1. The fraction of sp³-hybridized carbons (Fsp3) is 0.111. The van der Waals surface area contributed by atoms with Crippen LogP contribution >= 0.6 is 0 Å². The third-order valence-corrected chi connectivity index (χ3v) is 1.74. The number of hydrogen-bond acceptors (Lipinski definition) is 2. The SMILES string of the molecule is CNc1occ2ccccc12. The summed E-state index contributed by atoms with van der Waals surface area (Å²) < 4.78 is 5.25. The highest BCUT2D eigenvalue weighted by Gasteiger charge is 2.00. The molecule has 2 rings (SSSR count). The van der Waals surface area contributed by atoms with Crippen LogP contribution < -0.4 is 5.32 Å². The highest BCUT2D eigenvalue weighted by Crippen LogP contribution is 2.24. The van der Waals surface area contributed by atoms with Gasteiger partial charge in [0.15, 0.2) is 5.88 Å². The van der Waals surface area contributed by atoms with Crippen LogP contribution in [-0.2, 0) is 0 Å². The summed E-state index contributed by atoms with van der Waals surface area (Å²) in [5, 5.41) is 5.25. The molecule has 56 valence electrons. The Hall–Kier alpha value is -1.44. The largest absolute Gasteiger partial charge is 0.448 e. The van der Waals surface area contributed by atoms with E-state index in [1.807, 2.05) is 31.3 Å². The molecule has 1 aromatic carbocycles. The molecule has 1 N–H and O–H groups in total. The van der Waals surface area contributed by atoms with Crippen LogP contribution in [0.15, 0.2) is 34.9 Å². The van der Waals surface area contributed by atoms with E-state index in [9.17, 15) is 0 Å². The maximum Gasteiger partial charge on any atom is 0.200 e. The first-order valence-corrected chi connectivity index (χ1v) is 3.56. The fourth-order valence-electron chi connectivity index (χ4n) is 1.19. The van der Waals surface area contributed by atoms with Crippen molar-refractivity contribution in [2.45, 2.75) is 0 Å². The summed E-state index contributed by atoms with van der Waals surface area (Å²) >= 11 is 0. The fourth-order valence-corrected chi connectivity index (χ4v) is 1.19. The molecule has 1 heterocycles. The second-order valence-electron chi connectivity index (χ2n) is 2.40. The second-order valence-corrected chi connectivity index (χ2v) is 2.40. The van der Waals surface area contributed by atoms with Gasteiger partial charge in [-0.25, -0.2) is 0 Å². The Morgan fingerprint density at radius 1 is 1.27 bits per heavy atom. The van der Waals surface area contributed by atoms with E-state index in [2.05, 4.69) is 5.32 Å². The minimum Gasteiger partial charge on any atom is -0.448 e. The highest BCUT2D eigenvalue weighted by atomic mass is 16.3. The van der Waals surface area contributed by atoms with E-state index < -0.39 is 0 Å². The molecule has 11 heavy (non-hydrogen) atoms. The summed E-state index contributed by atoms with van der Waals surface area (Å²) in [4.78, 5) is 0. The number of fused-ring (bicyclic) bond motifs is 1. The van der Waals surface area contributed by atoms with Crippen molar-refractivity contribution in [1.82, 2.24) is 0 Å². The summed E-state index contributed by atoms with van der Waals surface area (Å²) in [6.45, 7) is 0. The summed E-state index contributed by atoms with van der Waals surface area (Å²) in [6.07, 6.45) is 1.75. The Morgan fingerprint density at radius 2 is 2.09 bits per heavy atom. The molecule has 0 amide bonds. The number of hydrogen-bond donors (Lipinski definition) is 1. The molecule has 1 aromatic heterocycles. The Morgan fingerprint density at radius 3 is 2.91 bits per heavy atom. The molecule has 0 fully saturated rings. The zero-order valence-electron chi connectivity index (χ0n) is 6.29. The highest BCUT2D eigenvalue weighted by molar-refractivity contribution is 5.91. The molecule has 0 spiro atoms. The number of nitrogens with one attached hydrogen (secondary N) is 1. The van der Waals surface area contributed by atoms with Crippen LogP contribution in [0.4, 0.5) is 5.88 Å². The Balaban J connectivity index is 2.76. The molecule has 0 saturated carbocycles. The molecule has 2 aromatic rings. The molecule has 0 radical (unpaired) electrons. The molecule has 2 heteroatoms. The predicted molar refractivity (Wildman–Crippen MR) is 45.8 cm³/mol. The average molecular weight is 147 g/mol. The van der Waals surface area contributed by atoms with Crippen LogP contribution in [0.3, 0.4) is 0 Å². The van der Waals surface area contributed by atoms with Gasteiger partial charge in [-0.05, 0) is 6.07 Å². The number of furan rings is 1. The Labute approximate surface area is 64.8 Å². The van der Waals surface area contributed by atoms with Crippen LogP contribution in [0.5, 0.6) is 0 Å². The van der Waals surface area contributed by atoms with E-state index in [0.717, 1.165) is 16.7 Å². The van der Waals surface area contributed by atoms with Gasteiger partial charge in [0.25, 0.3) is 0 Å². The standard InChI is InChI=1S/C9H9NO/c1-10-9-8-5-3-2-4-7(8)6-11-9/h2-6,10H,1H3. The van der Waals surface area contributed by atoms with Crippen molar-refractivity contribution in [3.05, 3.63) is 30.5 Å². The van der Waals surface area contributed by atoms with E-state index in [-0.39, 0.29) is 0 Å². The molecule has 0 unspecified atom stereocenters. The van der Waals surface area contributed by atoms with Crippen LogP contribution in [-0.4, -0.2) is 7.05 Å². The lowest BCUT2D eigenvalue weighted by Crippen LogP contribution is -1.83. The van der Waals surface area contributed by atoms with Crippen molar-refractivity contribution < 1.29 is 4.42 Å². The minimum atomic E-state index is 0.834. The lowest BCUT2D eigenvalue weighted by Gasteiger charge is -1.92. The van der Waals surface area contributed by atoms with Crippen molar-refractivity contribution in [3.63, 3.8) is 0 Å². The first-order valence-electron chi connectivity index (χ1n) is 3.56. The smallest absolute Gasteiger partial charge is 0.200 e. The maximum absolute atomic E-state index is 5.25. The molecular formula is C9H9NO. The summed E-state index contributed by atoms with van der Waals surface area (Å²) in [7, 11) is 1.85. The third kappa shape index (κ3) is 0.871. The van der Waals surface area contributed by atoms with Gasteiger partial charge >= 0.3 is 0 Å². The quantitative estimate of drug-likeness (QED) is 0.670. The lowest BCUT2D eigenvalue weighted by molar-refractivity contribution is 0.588. The van der Waals surface area contributed by atoms with Gasteiger partial charge in [-0.2, -0.15) is 0 Å². The monoisotopic (exact) mass is 147 g/mol. The molecule has 0 aliphatic carbocycles. The van der Waals surface area contributed by atoms with Gasteiger partial charge in [-0.15, -0.1) is 0 Å². The van der Waals surface area contributed by atoms with Crippen molar-refractivity contribution in [1.29, 1.82) is 0 Å². The van der Waals surface area contributed by atoms with Gasteiger partial charge in [0, 0.05) is 17.8 Å². The van der Waals surface area contributed by atoms with Gasteiger partial charge in [-0.3, -0.25) is 0 Å². The number of rotatable bonds is 1. The molecular weight excluding hydrogens is 138 g/mol. The summed E-state index contributed by atoms with van der Waals surface area (Å²) in [6, 6.07) is 8.06. The molecule has 0 saturated heterocycles. The Bertz CT molecular complexity index is 364. The topological polar surface area (TPSA) is 25.2 Å². The van der Waals surface area contributed by atoms with Gasteiger partial charge in [-0.1, -0.05) is 18.2 Å². The molecule has 2 nitrogen and oxygen atoms in total. The summed E-state index contributed by atoms with van der Waals surface area (Å²) in [5.41, 5.74) is 0. The Kier molecular flexibility index (Phi) is 1.32. The van der Waals surface area contributed by atoms with Gasteiger partial charge in [0.2, 0.25) is 0 Å². The van der Waals surface area contributed by atoms with Crippen molar-refractivity contribution >= 4 is 16.7 Å². The van der Waals surface area contributed by atoms with Crippen LogP contribution in [0.2, 0.25) is 0 Å². The van der Waals surface area contributed by atoms with Crippen molar-refractivity contribution in [2.24, 2.45) is 0 Å². The molecule has 0 aliphatic heterocycles. The molecule has 0 bridgehead atoms. The zero-order valence-corrected chi connectivity index (χ0v) is 6.29. The van der Waals surface area contributed by atoms with E-state index in [4.69, 9.17) is 4.42 Å². The van der Waals surface area contributed by atoms with Gasteiger partial charge < -0.3 is 9.73 Å². The molecule has 0 atom stereocenters. The van der Waals surface area contributed by atoms with E-state index >= 15 is 0 Å². The normalized spacial score (nSPS) is 10.3. The molecule has 0 aliphatic rings. The predicted octanol–water partition coefficient (Wildman–Crippen LogP) is 2.47. The average Bonchev–Trinajstić information content (AvgIpc) is 2.47. The third-order valence-electron chi connectivity index (χ3n) is 1.74. The zero-order chi connectivity index (χ0) is 7.68. The van der Waals surface area contributed by atoms with Gasteiger partial charge in [0.1, 0.15) is 6.26 Å². The lowest BCUT2D eigenvalue weighted by atomic mass is 10.2. The first-order chi connectivity index (χ1) is 5.42. The number of benzene rings is 1. The second kappa shape index (κ2) is 2.31. The van der Waals surface area contributed by atoms with E-state index in [1.165, 1.54) is 0 Å². The van der Waals surface area contributed by atoms with Crippen LogP contribution in [0, 0.1) is 0 Å². The summed E-state index contributed by atoms with van der Waals surface area (Å²) in [5.74, 6) is 0.834. The maximum atomic E-state index is 5.25. The van der Waals surface area contributed by atoms with Crippen molar-refractivity contribution in [2.75, 3.05) is 12.4 Å². The van der Waals surface area contributed by atoms with Gasteiger partial charge in [0.05, 0.1) is 0 Å². The van der Waals surface area contributed by atoms with Crippen LogP contribution in [0.25, 0.3) is 10.8 Å². The van der Waals surface area contributed by atoms with E-state index in [1.54, 1.807) is 6.26 Å². The van der Waals surface area contributed by atoms with E-state index in [0.29, 0.717) is 0 Å². The van der Waals surface area contributed by atoms with Crippen LogP contribution in [0.1, 0.15) is 0 Å².